The van der Waals surface area contributed by atoms with E-state index in [4.69, 9.17) is 4.74 Å². The van der Waals surface area contributed by atoms with Crippen LogP contribution in [0.5, 0.6) is 5.75 Å². The molecule has 0 radical (unpaired) electrons. The molecule has 4 rings (SSSR count). The maximum Gasteiger partial charge on any atom is 0.295 e. The number of amides is 1. The lowest BCUT2D eigenvalue weighted by atomic mass is 9.96. The molecule has 0 saturated carbocycles. The zero-order chi connectivity index (χ0) is 22.7. The summed E-state index contributed by atoms with van der Waals surface area (Å²) in [6.07, 6.45) is 6.51. The van der Waals surface area contributed by atoms with Crippen molar-refractivity contribution < 1.29 is 19.4 Å². The number of rotatable bonds is 6. The van der Waals surface area contributed by atoms with Gasteiger partial charge in [0.15, 0.2) is 0 Å². The van der Waals surface area contributed by atoms with Gasteiger partial charge in [-0.25, -0.2) is 0 Å². The number of pyridine rings is 2. The number of ketones is 1. The third-order valence-corrected chi connectivity index (χ3v) is 5.12. The second-order valence-corrected chi connectivity index (χ2v) is 7.77. The van der Waals surface area contributed by atoms with Crippen molar-refractivity contribution >= 4 is 17.4 Å². The molecule has 162 valence electrons. The number of carbonyl (C=O) groups is 2. The Kier molecular flexibility index (Phi) is 5.98. The first-order valence-corrected chi connectivity index (χ1v) is 10.3. The molecule has 32 heavy (non-hydrogen) atoms. The van der Waals surface area contributed by atoms with E-state index >= 15 is 0 Å². The zero-order valence-electron chi connectivity index (χ0n) is 17.8. The minimum atomic E-state index is -0.768. The van der Waals surface area contributed by atoms with E-state index in [1.54, 1.807) is 67.3 Å². The van der Waals surface area contributed by atoms with Crippen molar-refractivity contribution in [3.05, 3.63) is 95.6 Å². The van der Waals surface area contributed by atoms with Crippen molar-refractivity contribution in [1.82, 2.24) is 14.9 Å². The van der Waals surface area contributed by atoms with Gasteiger partial charge in [0, 0.05) is 36.9 Å². The van der Waals surface area contributed by atoms with Crippen molar-refractivity contribution in [1.29, 1.82) is 0 Å². The fourth-order valence-corrected chi connectivity index (χ4v) is 3.73. The Morgan fingerprint density at radius 2 is 1.72 bits per heavy atom. The van der Waals surface area contributed by atoms with Gasteiger partial charge in [0.25, 0.3) is 11.7 Å². The lowest BCUT2D eigenvalue weighted by molar-refractivity contribution is -0.140. The maximum atomic E-state index is 13.0. The highest BCUT2D eigenvalue weighted by Gasteiger charge is 2.46. The lowest BCUT2D eigenvalue weighted by Crippen LogP contribution is -2.29. The van der Waals surface area contributed by atoms with Crippen LogP contribution in [-0.2, 0) is 16.1 Å². The molecule has 1 aliphatic heterocycles. The van der Waals surface area contributed by atoms with E-state index in [2.05, 4.69) is 9.97 Å². The van der Waals surface area contributed by atoms with E-state index in [1.807, 2.05) is 19.9 Å². The Morgan fingerprint density at radius 1 is 1.03 bits per heavy atom. The SMILES string of the molecule is CC(C)Oc1ccc(/C(O)=C2\C(=O)C(=O)N(Cc3cccnc3)[C@@H]2c2cccnc2)cc1. The molecule has 7 heteroatoms. The summed E-state index contributed by atoms with van der Waals surface area (Å²) in [6.45, 7) is 4.02. The largest absolute Gasteiger partial charge is 0.507 e. The van der Waals surface area contributed by atoms with E-state index in [-0.39, 0.29) is 24.0 Å². The van der Waals surface area contributed by atoms with Crippen LogP contribution in [0.15, 0.2) is 78.9 Å². The number of nitrogens with zero attached hydrogens (tertiary/aromatic N) is 3. The van der Waals surface area contributed by atoms with E-state index in [9.17, 15) is 14.7 Å². The summed E-state index contributed by atoms with van der Waals surface area (Å²) in [5, 5.41) is 11.1. The summed E-state index contributed by atoms with van der Waals surface area (Å²) in [7, 11) is 0. The maximum absolute atomic E-state index is 13.0. The molecule has 0 spiro atoms. The first-order chi connectivity index (χ1) is 15.5. The number of hydrogen-bond acceptors (Lipinski definition) is 6. The van der Waals surface area contributed by atoms with Crippen LogP contribution in [0.4, 0.5) is 0 Å². The van der Waals surface area contributed by atoms with Crippen LogP contribution in [0.25, 0.3) is 5.76 Å². The van der Waals surface area contributed by atoms with E-state index in [0.29, 0.717) is 16.9 Å². The van der Waals surface area contributed by atoms with Crippen LogP contribution in [-0.4, -0.2) is 37.8 Å². The Morgan fingerprint density at radius 3 is 2.31 bits per heavy atom. The van der Waals surface area contributed by atoms with Gasteiger partial charge in [0.05, 0.1) is 17.7 Å². The Bertz CT molecular complexity index is 1140. The zero-order valence-corrected chi connectivity index (χ0v) is 17.8. The lowest BCUT2D eigenvalue weighted by Gasteiger charge is -2.25. The summed E-state index contributed by atoms with van der Waals surface area (Å²) < 4.78 is 5.65. The minimum absolute atomic E-state index is 0.0119. The van der Waals surface area contributed by atoms with Crippen molar-refractivity contribution in [2.24, 2.45) is 0 Å². The van der Waals surface area contributed by atoms with Gasteiger partial charge in [-0.1, -0.05) is 12.1 Å². The van der Waals surface area contributed by atoms with Gasteiger partial charge < -0.3 is 14.7 Å². The van der Waals surface area contributed by atoms with Gasteiger partial charge >= 0.3 is 0 Å². The highest BCUT2D eigenvalue weighted by molar-refractivity contribution is 6.46. The molecule has 7 nitrogen and oxygen atoms in total. The second-order valence-electron chi connectivity index (χ2n) is 7.77. The number of aromatic nitrogens is 2. The summed E-state index contributed by atoms with van der Waals surface area (Å²) in [4.78, 5) is 35.7. The fourth-order valence-electron chi connectivity index (χ4n) is 3.73. The monoisotopic (exact) mass is 429 g/mol. The van der Waals surface area contributed by atoms with Crippen molar-refractivity contribution in [2.75, 3.05) is 0 Å². The molecule has 1 saturated heterocycles. The third-order valence-electron chi connectivity index (χ3n) is 5.12. The first kappa shape index (κ1) is 21.2. The number of ether oxygens (including phenoxy) is 1. The average molecular weight is 429 g/mol. The Labute approximate surface area is 186 Å². The molecule has 1 fully saturated rings. The van der Waals surface area contributed by atoms with Gasteiger partial charge in [-0.3, -0.25) is 19.6 Å². The Hall–Kier alpha value is -4.00. The number of aliphatic hydroxyl groups is 1. The molecular formula is C25H23N3O4. The van der Waals surface area contributed by atoms with Gasteiger partial charge in [0.1, 0.15) is 11.5 Å². The van der Waals surface area contributed by atoms with Crippen molar-refractivity contribution in [3.8, 4) is 5.75 Å². The number of aliphatic hydroxyl groups excluding tert-OH is 1. The van der Waals surface area contributed by atoms with Gasteiger partial charge in [-0.2, -0.15) is 0 Å². The van der Waals surface area contributed by atoms with E-state index in [1.165, 1.54) is 4.90 Å². The molecule has 1 aromatic carbocycles. The molecule has 0 unspecified atom stereocenters. The minimum Gasteiger partial charge on any atom is -0.507 e. The summed E-state index contributed by atoms with van der Waals surface area (Å²) in [5.41, 5.74) is 1.87. The van der Waals surface area contributed by atoms with Crippen LogP contribution < -0.4 is 4.74 Å². The Balaban J connectivity index is 1.78. The molecule has 0 bridgehead atoms. The molecule has 1 amide bonds. The predicted molar refractivity (Wildman–Crippen MR) is 119 cm³/mol. The van der Waals surface area contributed by atoms with Gasteiger partial charge in [-0.05, 0) is 61.4 Å². The second kappa shape index (κ2) is 9.01. The molecule has 1 N–H and O–H groups in total. The number of Topliss-reactive ketones (excluding diaryl/α,β-unsaturated/α-hetero) is 1. The van der Waals surface area contributed by atoms with Crippen LogP contribution in [0.3, 0.4) is 0 Å². The summed E-state index contributed by atoms with van der Waals surface area (Å²) in [5.74, 6) is -0.994. The van der Waals surface area contributed by atoms with Crippen LogP contribution in [0.2, 0.25) is 0 Å². The smallest absolute Gasteiger partial charge is 0.295 e. The van der Waals surface area contributed by atoms with Crippen molar-refractivity contribution in [2.45, 2.75) is 32.5 Å². The molecule has 3 heterocycles. The highest BCUT2D eigenvalue weighted by Crippen LogP contribution is 2.40. The molecule has 1 atom stereocenters. The van der Waals surface area contributed by atoms with Gasteiger partial charge in [-0.15, -0.1) is 0 Å². The molecule has 1 aliphatic rings. The van der Waals surface area contributed by atoms with Crippen LogP contribution in [0, 0.1) is 0 Å². The van der Waals surface area contributed by atoms with E-state index < -0.39 is 17.7 Å². The van der Waals surface area contributed by atoms with Gasteiger partial charge in [0.2, 0.25) is 0 Å². The highest BCUT2D eigenvalue weighted by atomic mass is 16.5. The van der Waals surface area contributed by atoms with Crippen LogP contribution >= 0.6 is 0 Å². The molecule has 3 aromatic rings. The number of hydrogen-bond donors (Lipinski definition) is 1. The third kappa shape index (κ3) is 4.23. The van der Waals surface area contributed by atoms with E-state index in [0.717, 1.165) is 5.56 Å². The standard InChI is InChI=1S/C25H23N3O4/c1-16(2)32-20-9-7-18(8-10-20)23(29)21-22(19-6-4-12-27-14-19)28(25(31)24(21)30)15-17-5-3-11-26-13-17/h3-14,16,22,29H,15H2,1-2H3/b23-21+/t22-/m1/s1. The summed E-state index contributed by atoms with van der Waals surface area (Å²) in [6, 6.07) is 13.1. The quantitative estimate of drug-likeness (QED) is 0.363. The fraction of sp³-hybridized carbons (Fsp3) is 0.200. The number of benzene rings is 1. The number of carbonyl (C=O) groups excluding carboxylic acids is 2. The normalized spacial score (nSPS) is 17.7. The molecule has 0 aliphatic carbocycles. The average Bonchev–Trinajstić information content (AvgIpc) is 3.05. The summed E-state index contributed by atoms with van der Waals surface area (Å²) >= 11 is 0. The van der Waals surface area contributed by atoms with Crippen LogP contribution in [0.1, 0.15) is 36.6 Å². The predicted octanol–water partition coefficient (Wildman–Crippen LogP) is 3.89. The first-order valence-electron chi connectivity index (χ1n) is 10.3. The molecular weight excluding hydrogens is 406 g/mol. The number of likely N-dealkylation sites (tertiary alicyclic amines) is 1. The van der Waals surface area contributed by atoms with Crippen molar-refractivity contribution in [3.63, 3.8) is 0 Å². The topological polar surface area (TPSA) is 92.6 Å². The molecule has 2 aromatic heterocycles.